The van der Waals surface area contributed by atoms with Crippen molar-refractivity contribution in [2.24, 2.45) is 0 Å². The third-order valence-corrected chi connectivity index (χ3v) is 2.72. The molecule has 5 heteroatoms. The summed E-state index contributed by atoms with van der Waals surface area (Å²) in [5, 5.41) is 4.56. The molecule has 0 unspecified atom stereocenters. The molecule has 2 nitrogen and oxygen atoms in total. The third-order valence-electron chi connectivity index (χ3n) is 1.72. The van der Waals surface area contributed by atoms with Gasteiger partial charge < -0.3 is 5.32 Å². The molecular formula is C10H10BrCl2NO. The van der Waals surface area contributed by atoms with Gasteiger partial charge in [0.25, 0.3) is 5.91 Å². The van der Waals surface area contributed by atoms with Gasteiger partial charge in [-0.05, 0) is 24.6 Å². The van der Waals surface area contributed by atoms with Gasteiger partial charge in [0.2, 0.25) is 0 Å². The number of rotatable bonds is 4. The number of carbonyl (C=O) groups excluding carboxylic acids is 1. The Morgan fingerprint density at radius 3 is 2.40 bits per heavy atom. The molecule has 0 aromatic heterocycles. The van der Waals surface area contributed by atoms with E-state index >= 15 is 0 Å². The highest BCUT2D eigenvalue weighted by molar-refractivity contribution is 9.09. The Labute approximate surface area is 107 Å². The normalized spacial score (nSPS) is 10.1. The van der Waals surface area contributed by atoms with Crippen molar-refractivity contribution in [3.05, 3.63) is 33.8 Å². The summed E-state index contributed by atoms with van der Waals surface area (Å²) in [5.41, 5.74) is 0.488. The molecule has 0 saturated heterocycles. The summed E-state index contributed by atoms with van der Waals surface area (Å²) >= 11 is 14.9. The maximum atomic E-state index is 11.6. The molecule has 1 aromatic carbocycles. The van der Waals surface area contributed by atoms with Crippen molar-refractivity contribution < 1.29 is 4.79 Å². The van der Waals surface area contributed by atoms with E-state index in [4.69, 9.17) is 23.2 Å². The monoisotopic (exact) mass is 309 g/mol. The van der Waals surface area contributed by atoms with Gasteiger partial charge in [0, 0.05) is 27.5 Å². The minimum absolute atomic E-state index is 0.152. The zero-order valence-electron chi connectivity index (χ0n) is 7.90. The van der Waals surface area contributed by atoms with Crippen molar-refractivity contribution >= 4 is 45.0 Å². The van der Waals surface area contributed by atoms with Gasteiger partial charge >= 0.3 is 0 Å². The van der Waals surface area contributed by atoms with E-state index in [1.165, 1.54) is 0 Å². The Balaban J connectivity index is 2.65. The van der Waals surface area contributed by atoms with Gasteiger partial charge in [-0.3, -0.25) is 4.79 Å². The van der Waals surface area contributed by atoms with E-state index in [1.807, 2.05) is 0 Å². The molecule has 0 atom stereocenters. The predicted molar refractivity (Wildman–Crippen MR) is 67.2 cm³/mol. The van der Waals surface area contributed by atoms with Crippen LogP contribution in [0, 0.1) is 0 Å². The molecule has 1 N–H and O–H groups in total. The van der Waals surface area contributed by atoms with Crippen LogP contribution >= 0.6 is 39.1 Å². The fourth-order valence-electron chi connectivity index (χ4n) is 1.06. The lowest BCUT2D eigenvalue weighted by atomic mass is 10.2. The Morgan fingerprint density at radius 2 is 1.87 bits per heavy atom. The van der Waals surface area contributed by atoms with Gasteiger partial charge in [-0.25, -0.2) is 0 Å². The molecule has 0 radical (unpaired) electrons. The fraction of sp³-hybridized carbons (Fsp3) is 0.300. The molecular weight excluding hydrogens is 301 g/mol. The van der Waals surface area contributed by atoms with Crippen LogP contribution in [-0.4, -0.2) is 17.8 Å². The Morgan fingerprint density at radius 1 is 1.27 bits per heavy atom. The minimum Gasteiger partial charge on any atom is -0.352 e. The lowest BCUT2D eigenvalue weighted by molar-refractivity contribution is 0.0954. The van der Waals surface area contributed by atoms with Crippen LogP contribution < -0.4 is 5.32 Å². The molecule has 0 fully saturated rings. The zero-order valence-corrected chi connectivity index (χ0v) is 11.0. The second-order valence-corrected chi connectivity index (χ2v) is 4.62. The summed E-state index contributed by atoms with van der Waals surface area (Å²) in [6.45, 7) is 0.633. The van der Waals surface area contributed by atoms with Crippen molar-refractivity contribution in [1.29, 1.82) is 0 Å². The molecule has 1 rings (SSSR count). The van der Waals surface area contributed by atoms with Gasteiger partial charge in [0.1, 0.15) is 0 Å². The van der Waals surface area contributed by atoms with Crippen LogP contribution in [0.15, 0.2) is 18.2 Å². The van der Waals surface area contributed by atoms with E-state index in [1.54, 1.807) is 18.2 Å². The first-order valence-corrected chi connectivity index (χ1v) is 6.31. The third kappa shape index (κ3) is 4.41. The summed E-state index contributed by atoms with van der Waals surface area (Å²) < 4.78 is 0. The number of halogens is 3. The molecule has 0 aliphatic carbocycles. The molecule has 0 heterocycles. The Kier molecular flexibility index (Phi) is 5.43. The van der Waals surface area contributed by atoms with Crippen molar-refractivity contribution in [3.63, 3.8) is 0 Å². The standard InChI is InChI=1S/C10H10BrCl2NO/c11-2-1-3-14-10(15)7-4-8(12)6-9(13)5-7/h4-6H,1-3H2,(H,14,15). The maximum Gasteiger partial charge on any atom is 0.251 e. The molecule has 0 aliphatic rings. The maximum absolute atomic E-state index is 11.6. The van der Waals surface area contributed by atoms with Crippen molar-refractivity contribution in [3.8, 4) is 0 Å². The van der Waals surface area contributed by atoms with E-state index in [0.29, 0.717) is 22.2 Å². The van der Waals surface area contributed by atoms with Crippen molar-refractivity contribution in [2.75, 3.05) is 11.9 Å². The first-order chi connectivity index (χ1) is 7.13. The number of nitrogens with one attached hydrogen (secondary N) is 1. The molecule has 82 valence electrons. The fourth-order valence-corrected chi connectivity index (χ4v) is 1.86. The number of hydrogen-bond donors (Lipinski definition) is 1. The topological polar surface area (TPSA) is 29.1 Å². The average Bonchev–Trinajstić information content (AvgIpc) is 2.16. The second-order valence-electron chi connectivity index (χ2n) is 2.96. The summed E-state index contributed by atoms with van der Waals surface area (Å²) in [6.07, 6.45) is 0.889. The van der Waals surface area contributed by atoms with Crippen LogP contribution in [0.25, 0.3) is 0 Å². The number of hydrogen-bond acceptors (Lipinski definition) is 1. The molecule has 1 amide bonds. The molecule has 0 aliphatic heterocycles. The summed E-state index contributed by atoms with van der Waals surface area (Å²) in [7, 11) is 0. The lowest BCUT2D eigenvalue weighted by Crippen LogP contribution is -2.24. The average molecular weight is 311 g/mol. The second kappa shape index (κ2) is 6.36. The lowest BCUT2D eigenvalue weighted by Gasteiger charge is -2.04. The van der Waals surface area contributed by atoms with Crippen LogP contribution in [0.3, 0.4) is 0 Å². The van der Waals surface area contributed by atoms with Crippen LogP contribution in [0.4, 0.5) is 0 Å². The van der Waals surface area contributed by atoms with Gasteiger partial charge in [-0.1, -0.05) is 39.1 Å². The number of alkyl halides is 1. The van der Waals surface area contributed by atoms with Crippen LogP contribution in [0.5, 0.6) is 0 Å². The highest BCUT2D eigenvalue weighted by Crippen LogP contribution is 2.18. The van der Waals surface area contributed by atoms with Crippen LogP contribution in [-0.2, 0) is 0 Å². The number of amides is 1. The summed E-state index contributed by atoms with van der Waals surface area (Å²) in [5.74, 6) is -0.152. The van der Waals surface area contributed by atoms with Crippen LogP contribution in [0.2, 0.25) is 10.0 Å². The number of benzene rings is 1. The first-order valence-electron chi connectivity index (χ1n) is 4.43. The SMILES string of the molecule is O=C(NCCCBr)c1cc(Cl)cc(Cl)c1. The predicted octanol–water partition coefficient (Wildman–Crippen LogP) is 3.51. The van der Waals surface area contributed by atoms with Crippen molar-refractivity contribution in [2.45, 2.75) is 6.42 Å². The van der Waals surface area contributed by atoms with Gasteiger partial charge in [0.05, 0.1) is 0 Å². The zero-order chi connectivity index (χ0) is 11.3. The number of carbonyl (C=O) groups is 1. The summed E-state index contributed by atoms with van der Waals surface area (Å²) in [4.78, 5) is 11.6. The Bertz CT molecular complexity index is 337. The highest BCUT2D eigenvalue weighted by Gasteiger charge is 2.06. The minimum atomic E-state index is -0.152. The van der Waals surface area contributed by atoms with E-state index < -0.39 is 0 Å². The van der Waals surface area contributed by atoms with E-state index in [-0.39, 0.29) is 5.91 Å². The van der Waals surface area contributed by atoms with Gasteiger partial charge in [0.15, 0.2) is 0 Å². The van der Waals surface area contributed by atoms with Gasteiger partial charge in [-0.15, -0.1) is 0 Å². The molecule has 15 heavy (non-hydrogen) atoms. The summed E-state index contributed by atoms with van der Waals surface area (Å²) in [6, 6.07) is 4.78. The molecule has 0 bridgehead atoms. The van der Waals surface area contributed by atoms with Crippen LogP contribution in [0.1, 0.15) is 16.8 Å². The largest absolute Gasteiger partial charge is 0.352 e. The molecule has 1 aromatic rings. The van der Waals surface area contributed by atoms with Crippen molar-refractivity contribution in [1.82, 2.24) is 5.32 Å². The van der Waals surface area contributed by atoms with E-state index in [2.05, 4.69) is 21.2 Å². The first kappa shape index (κ1) is 12.8. The Hall–Kier alpha value is -0.250. The molecule has 0 spiro atoms. The smallest absolute Gasteiger partial charge is 0.251 e. The van der Waals surface area contributed by atoms with E-state index in [9.17, 15) is 4.79 Å². The van der Waals surface area contributed by atoms with Gasteiger partial charge in [-0.2, -0.15) is 0 Å². The molecule has 0 saturated carbocycles. The highest BCUT2D eigenvalue weighted by atomic mass is 79.9. The quantitative estimate of drug-likeness (QED) is 0.669. The van der Waals surface area contributed by atoms with E-state index in [0.717, 1.165) is 11.8 Å².